The lowest BCUT2D eigenvalue weighted by Gasteiger charge is -2.06. The van der Waals surface area contributed by atoms with Gasteiger partial charge in [0.05, 0.1) is 0 Å². The third-order valence-corrected chi connectivity index (χ3v) is 3.30. The summed E-state index contributed by atoms with van der Waals surface area (Å²) in [7, 11) is 0. The number of aromatic hydroxyl groups is 2. The van der Waals surface area contributed by atoms with Crippen LogP contribution in [0.5, 0.6) is 11.5 Å². The number of para-hydroxylation sites is 1. The third kappa shape index (κ3) is 2.36. The second-order valence-electron chi connectivity index (χ2n) is 4.64. The molecule has 2 heteroatoms. The Hall–Kier alpha value is -2.74. The van der Waals surface area contributed by atoms with Crippen molar-refractivity contribution in [3.05, 3.63) is 72.8 Å². The lowest BCUT2D eigenvalue weighted by molar-refractivity contribution is 0.475. The van der Waals surface area contributed by atoms with Crippen molar-refractivity contribution in [2.45, 2.75) is 0 Å². The molecule has 0 aliphatic heterocycles. The van der Waals surface area contributed by atoms with Crippen LogP contribution in [0.1, 0.15) is 0 Å². The Morgan fingerprint density at radius 1 is 0.500 bits per heavy atom. The van der Waals surface area contributed by atoms with Crippen LogP contribution >= 0.6 is 0 Å². The first-order chi connectivity index (χ1) is 9.74. The minimum atomic E-state index is 0.263. The summed E-state index contributed by atoms with van der Waals surface area (Å²) in [4.78, 5) is 0. The molecule has 3 aromatic carbocycles. The fourth-order valence-corrected chi connectivity index (χ4v) is 2.21. The molecule has 0 saturated heterocycles. The van der Waals surface area contributed by atoms with Gasteiger partial charge in [0.2, 0.25) is 0 Å². The highest BCUT2D eigenvalue weighted by atomic mass is 16.3. The van der Waals surface area contributed by atoms with Crippen molar-refractivity contribution in [1.29, 1.82) is 0 Å². The van der Waals surface area contributed by atoms with Gasteiger partial charge in [-0.1, -0.05) is 54.6 Å². The predicted molar refractivity (Wildman–Crippen MR) is 80.6 cm³/mol. The maximum Gasteiger partial charge on any atom is 0.123 e. The Kier molecular flexibility index (Phi) is 3.13. The summed E-state index contributed by atoms with van der Waals surface area (Å²) in [6.07, 6.45) is 0. The maximum atomic E-state index is 9.85. The monoisotopic (exact) mass is 262 g/mol. The van der Waals surface area contributed by atoms with E-state index < -0.39 is 0 Å². The molecule has 0 fully saturated rings. The van der Waals surface area contributed by atoms with E-state index in [-0.39, 0.29) is 11.5 Å². The van der Waals surface area contributed by atoms with E-state index in [0.717, 1.165) is 22.3 Å². The van der Waals surface area contributed by atoms with E-state index in [4.69, 9.17) is 0 Å². The Labute approximate surface area is 117 Å². The topological polar surface area (TPSA) is 40.5 Å². The number of benzene rings is 3. The van der Waals surface area contributed by atoms with Crippen molar-refractivity contribution in [1.82, 2.24) is 0 Å². The van der Waals surface area contributed by atoms with Gasteiger partial charge >= 0.3 is 0 Å². The molecule has 0 saturated carbocycles. The zero-order chi connectivity index (χ0) is 13.9. The summed E-state index contributed by atoms with van der Waals surface area (Å²) in [6.45, 7) is 0. The van der Waals surface area contributed by atoms with Gasteiger partial charge in [-0.25, -0.2) is 0 Å². The van der Waals surface area contributed by atoms with Gasteiger partial charge in [0.25, 0.3) is 0 Å². The molecule has 2 N–H and O–H groups in total. The lowest BCUT2D eigenvalue weighted by atomic mass is 10.00. The average Bonchev–Trinajstić information content (AvgIpc) is 2.49. The molecule has 0 aliphatic carbocycles. The van der Waals surface area contributed by atoms with Gasteiger partial charge in [-0.3, -0.25) is 0 Å². The summed E-state index contributed by atoms with van der Waals surface area (Å²) >= 11 is 0. The van der Waals surface area contributed by atoms with Crippen molar-refractivity contribution in [3.63, 3.8) is 0 Å². The van der Waals surface area contributed by atoms with Crippen molar-refractivity contribution < 1.29 is 10.2 Å². The van der Waals surface area contributed by atoms with E-state index in [9.17, 15) is 10.2 Å². The van der Waals surface area contributed by atoms with Crippen molar-refractivity contribution in [2.75, 3.05) is 0 Å². The summed E-state index contributed by atoms with van der Waals surface area (Å²) in [5.41, 5.74) is 3.92. The van der Waals surface area contributed by atoms with Gasteiger partial charge in [0.15, 0.2) is 0 Å². The molecular weight excluding hydrogens is 248 g/mol. The van der Waals surface area contributed by atoms with E-state index in [0.29, 0.717) is 0 Å². The van der Waals surface area contributed by atoms with E-state index in [1.807, 2.05) is 54.6 Å². The number of rotatable bonds is 2. The van der Waals surface area contributed by atoms with Crippen LogP contribution in [0.3, 0.4) is 0 Å². The summed E-state index contributed by atoms with van der Waals surface area (Å²) in [5.74, 6) is 0.546. The highest BCUT2D eigenvalue weighted by Gasteiger charge is 2.04. The highest BCUT2D eigenvalue weighted by molar-refractivity contribution is 5.73. The minimum absolute atomic E-state index is 0.263. The molecule has 0 bridgehead atoms. The zero-order valence-electron chi connectivity index (χ0n) is 10.8. The first kappa shape index (κ1) is 12.3. The zero-order valence-corrected chi connectivity index (χ0v) is 10.8. The molecule has 3 rings (SSSR count). The van der Waals surface area contributed by atoms with E-state index in [1.165, 1.54) is 0 Å². The molecule has 0 amide bonds. The van der Waals surface area contributed by atoms with Gasteiger partial charge in [-0.05, 0) is 34.9 Å². The average molecular weight is 262 g/mol. The van der Waals surface area contributed by atoms with Crippen LogP contribution < -0.4 is 0 Å². The minimum Gasteiger partial charge on any atom is -0.508 e. The number of phenols is 2. The van der Waals surface area contributed by atoms with E-state index >= 15 is 0 Å². The number of hydrogen-bond acceptors (Lipinski definition) is 2. The number of hydrogen-bond donors (Lipinski definition) is 2. The van der Waals surface area contributed by atoms with Gasteiger partial charge in [0, 0.05) is 5.56 Å². The Morgan fingerprint density at radius 3 is 1.60 bits per heavy atom. The highest BCUT2D eigenvalue weighted by Crippen LogP contribution is 2.30. The van der Waals surface area contributed by atoms with Crippen LogP contribution in [0, 0.1) is 0 Å². The van der Waals surface area contributed by atoms with Crippen molar-refractivity contribution in [2.24, 2.45) is 0 Å². The SMILES string of the molecule is Oc1ccc(-c2ccc(-c3ccccc3O)cc2)cc1. The molecule has 3 aromatic rings. The van der Waals surface area contributed by atoms with Crippen molar-refractivity contribution >= 4 is 0 Å². The molecule has 20 heavy (non-hydrogen) atoms. The Morgan fingerprint density at radius 2 is 1.00 bits per heavy atom. The largest absolute Gasteiger partial charge is 0.508 e. The van der Waals surface area contributed by atoms with Crippen molar-refractivity contribution in [3.8, 4) is 33.8 Å². The normalized spacial score (nSPS) is 10.4. The first-order valence-electron chi connectivity index (χ1n) is 6.42. The molecule has 98 valence electrons. The fraction of sp³-hybridized carbons (Fsp3) is 0. The molecule has 0 heterocycles. The maximum absolute atomic E-state index is 9.85. The quantitative estimate of drug-likeness (QED) is 0.717. The second-order valence-corrected chi connectivity index (χ2v) is 4.64. The van der Waals surface area contributed by atoms with Gasteiger partial charge in [-0.2, -0.15) is 0 Å². The van der Waals surface area contributed by atoms with Crippen LogP contribution in [0.4, 0.5) is 0 Å². The summed E-state index contributed by atoms with van der Waals surface area (Å²) < 4.78 is 0. The Balaban J connectivity index is 1.96. The molecule has 0 spiro atoms. The van der Waals surface area contributed by atoms with Crippen LogP contribution in [0.25, 0.3) is 22.3 Å². The Bertz CT molecular complexity index is 713. The van der Waals surface area contributed by atoms with Crippen LogP contribution in [0.2, 0.25) is 0 Å². The molecule has 0 unspecified atom stereocenters. The molecule has 0 atom stereocenters. The van der Waals surface area contributed by atoms with Gasteiger partial charge in [0.1, 0.15) is 11.5 Å². The fourth-order valence-electron chi connectivity index (χ4n) is 2.21. The molecule has 2 nitrogen and oxygen atoms in total. The van der Waals surface area contributed by atoms with Crippen LogP contribution in [-0.4, -0.2) is 10.2 Å². The van der Waals surface area contributed by atoms with E-state index in [2.05, 4.69) is 0 Å². The predicted octanol–water partition coefficient (Wildman–Crippen LogP) is 4.43. The second kappa shape index (κ2) is 5.10. The first-order valence-corrected chi connectivity index (χ1v) is 6.42. The standard InChI is InChI=1S/C18H14O2/c19-16-11-9-14(10-12-16)13-5-7-15(8-6-13)17-3-1-2-4-18(17)20/h1-12,19-20H. The van der Waals surface area contributed by atoms with Gasteiger partial charge in [-0.15, -0.1) is 0 Å². The summed E-state index contributed by atoms with van der Waals surface area (Å²) in [6, 6.07) is 22.4. The summed E-state index contributed by atoms with van der Waals surface area (Å²) in [5, 5.41) is 19.2. The molecular formula is C18H14O2. The molecule has 0 radical (unpaired) electrons. The molecule has 0 aliphatic rings. The third-order valence-electron chi connectivity index (χ3n) is 3.30. The molecule has 0 aromatic heterocycles. The smallest absolute Gasteiger partial charge is 0.123 e. The van der Waals surface area contributed by atoms with Gasteiger partial charge < -0.3 is 10.2 Å². The lowest BCUT2D eigenvalue weighted by Crippen LogP contribution is -1.81. The van der Waals surface area contributed by atoms with E-state index in [1.54, 1.807) is 18.2 Å². The van der Waals surface area contributed by atoms with Crippen LogP contribution in [-0.2, 0) is 0 Å². The number of phenolic OH excluding ortho intramolecular Hbond substituents is 2. The van der Waals surface area contributed by atoms with Crippen LogP contribution in [0.15, 0.2) is 72.8 Å².